The Morgan fingerprint density at radius 3 is 2.12 bits per heavy atom. The van der Waals surface area contributed by atoms with Gasteiger partial charge < -0.3 is 14.8 Å². The van der Waals surface area contributed by atoms with E-state index in [0.29, 0.717) is 0 Å². The molecule has 0 unspecified atom stereocenters. The summed E-state index contributed by atoms with van der Waals surface area (Å²) >= 11 is 0. The number of rotatable bonds is 3. The minimum Gasteiger partial charge on any atom is -0.424 e. The lowest BCUT2D eigenvalue weighted by atomic mass is 10.1. The number of carbonyl (C=O) groups is 1. The number of para-hydroxylation sites is 2. The molecule has 0 aromatic heterocycles. The Morgan fingerprint density at radius 1 is 1.04 bits per heavy atom. The Morgan fingerprint density at radius 2 is 1.60 bits per heavy atom. The number of aryl methyl sites for hydroxylation is 1. The Hall–Kier alpha value is -2.90. The van der Waals surface area contributed by atoms with Gasteiger partial charge in [0.15, 0.2) is 11.5 Å². The highest BCUT2D eigenvalue weighted by atomic mass is 19.4. The van der Waals surface area contributed by atoms with E-state index in [2.05, 4.69) is 5.32 Å². The lowest BCUT2D eigenvalue weighted by Gasteiger charge is -2.29. The van der Waals surface area contributed by atoms with Crippen LogP contribution in [0.5, 0.6) is 11.5 Å². The summed E-state index contributed by atoms with van der Waals surface area (Å²) in [5.74, 6) is -3.45. The molecule has 0 saturated heterocycles. The van der Waals surface area contributed by atoms with Gasteiger partial charge in [0.25, 0.3) is 0 Å². The normalized spacial score (nSPS) is 14.9. The maximum atomic E-state index is 13.5. The molecular weight excluding hydrogens is 337 g/mol. The van der Waals surface area contributed by atoms with Crippen molar-refractivity contribution < 1.29 is 27.4 Å². The smallest absolute Gasteiger partial charge is 0.424 e. The average molecular weight is 352 g/mol. The highest BCUT2D eigenvalue weighted by Gasteiger charge is 2.65. The first kappa shape index (κ1) is 16.9. The van der Waals surface area contributed by atoms with Crippen LogP contribution in [0.2, 0.25) is 0 Å². The zero-order valence-corrected chi connectivity index (χ0v) is 13.2. The van der Waals surface area contributed by atoms with Gasteiger partial charge in [0.05, 0.1) is 0 Å². The van der Waals surface area contributed by atoms with Crippen molar-refractivity contribution in [3.8, 4) is 11.5 Å². The molecule has 2 N–H and O–H groups in total. The predicted molar refractivity (Wildman–Crippen MR) is 83.0 cm³/mol. The summed E-state index contributed by atoms with van der Waals surface area (Å²) in [7, 11) is 0. The van der Waals surface area contributed by atoms with Crippen LogP contribution in [0.1, 0.15) is 11.1 Å². The first-order valence-electron chi connectivity index (χ1n) is 7.44. The maximum absolute atomic E-state index is 13.5. The van der Waals surface area contributed by atoms with Crippen LogP contribution < -0.4 is 20.1 Å². The fourth-order valence-electron chi connectivity index (χ4n) is 2.27. The minimum absolute atomic E-state index is 0.0625. The van der Waals surface area contributed by atoms with Crippen LogP contribution in [0, 0.1) is 6.92 Å². The van der Waals surface area contributed by atoms with Gasteiger partial charge in [-0.25, -0.2) is 4.79 Å². The monoisotopic (exact) mass is 352 g/mol. The van der Waals surface area contributed by atoms with Crippen LogP contribution in [0.4, 0.5) is 18.0 Å². The molecule has 132 valence electrons. The lowest BCUT2D eigenvalue weighted by Crippen LogP contribution is -2.66. The zero-order valence-electron chi connectivity index (χ0n) is 13.2. The first-order valence-corrected chi connectivity index (χ1v) is 7.44. The molecule has 3 rings (SSSR count). The van der Waals surface area contributed by atoms with Crippen LogP contribution >= 0.6 is 0 Å². The van der Waals surface area contributed by atoms with Crippen LogP contribution in [-0.4, -0.2) is 18.1 Å². The summed E-state index contributed by atoms with van der Waals surface area (Å²) in [6, 6.07) is 11.8. The van der Waals surface area contributed by atoms with Gasteiger partial charge >= 0.3 is 18.1 Å². The number of amides is 2. The third-order valence-electron chi connectivity index (χ3n) is 3.58. The van der Waals surface area contributed by atoms with Gasteiger partial charge in [0, 0.05) is 6.54 Å². The largest absolute Gasteiger partial charge is 0.492 e. The van der Waals surface area contributed by atoms with Crippen LogP contribution in [0.25, 0.3) is 0 Å². The van der Waals surface area contributed by atoms with E-state index in [1.807, 2.05) is 19.1 Å². The van der Waals surface area contributed by atoms with Gasteiger partial charge in [-0.1, -0.05) is 42.0 Å². The maximum Gasteiger partial charge on any atom is 0.492 e. The third-order valence-corrected chi connectivity index (χ3v) is 3.58. The van der Waals surface area contributed by atoms with Crippen LogP contribution in [0.15, 0.2) is 48.5 Å². The molecule has 0 bridgehead atoms. The van der Waals surface area contributed by atoms with Gasteiger partial charge in [-0.15, -0.1) is 0 Å². The van der Waals surface area contributed by atoms with Crippen molar-refractivity contribution in [1.29, 1.82) is 0 Å². The fraction of sp³-hybridized carbons (Fsp3) is 0.235. The van der Waals surface area contributed by atoms with Crippen LogP contribution in [-0.2, 0) is 6.54 Å². The first-order chi connectivity index (χ1) is 11.8. The van der Waals surface area contributed by atoms with Crippen molar-refractivity contribution in [3.05, 3.63) is 59.7 Å². The number of urea groups is 1. The standard InChI is InChI=1S/C17H15F3N2O3/c1-11-6-8-12(9-7-11)10-21-15(23)22-17(16(18,19)20)24-13-4-2-3-5-14(13)25-17/h2-9H,10H2,1H3,(H2,21,22,23). The van der Waals surface area contributed by atoms with Gasteiger partial charge in [-0.05, 0) is 24.6 Å². The molecular formula is C17H15F3N2O3. The molecule has 0 aliphatic carbocycles. The van der Waals surface area contributed by atoms with E-state index in [4.69, 9.17) is 9.47 Å². The highest BCUT2D eigenvalue weighted by molar-refractivity contribution is 5.74. The molecule has 0 fully saturated rings. The van der Waals surface area contributed by atoms with Crippen molar-refractivity contribution in [2.45, 2.75) is 25.6 Å². The predicted octanol–water partition coefficient (Wildman–Crippen LogP) is 3.48. The summed E-state index contributed by atoms with van der Waals surface area (Å²) < 4.78 is 50.1. The van der Waals surface area contributed by atoms with Gasteiger partial charge in [-0.3, -0.25) is 5.32 Å². The zero-order chi connectivity index (χ0) is 18.1. The molecule has 1 aliphatic rings. The lowest BCUT2D eigenvalue weighted by molar-refractivity contribution is -0.317. The SMILES string of the molecule is Cc1ccc(CNC(=O)NC2(C(F)(F)F)Oc3ccccc3O2)cc1. The molecule has 2 aromatic rings. The van der Waals surface area contributed by atoms with E-state index >= 15 is 0 Å². The summed E-state index contributed by atoms with van der Waals surface area (Å²) in [4.78, 5) is 12.0. The number of alkyl halides is 3. The minimum atomic E-state index is -4.98. The van der Waals surface area contributed by atoms with Crippen molar-refractivity contribution in [2.24, 2.45) is 0 Å². The molecule has 0 radical (unpaired) electrons. The quantitative estimate of drug-likeness (QED) is 0.889. The van der Waals surface area contributed by atoms with Crippen LogP contribution in [0.3, 0.4) is 0 Å². The second-order valence-electron chi connectivity index (χ2n) is 5.56. The van der Waals surface area contributed by atoms with E-state index < -0.39 is 18.1 Å². The Labute approximate surface area is 141 Å². The number of fused-ring (bicyclic) bond motifs is 1. The van der Waals surface area contributed by atoms with Crippen molar-refractivity contribution in [3.63, 3.8) is 0 Å². The second kappa shape index (κ2) is 6.19. The number of hydrogen-bond donors (Lipinski definition) is 2. The molecule has 5 nitrogen and oxygen atoms in total. The second-order valence-corrected chi connectivity index (χ2v) is 5.56. The van der Waals surface area contributed by atoms with E-state index in [9.17, 15) is 18.0 Å². The van der Waals surface area contributed by atoms with E-state index in [-0.39, 0.29) is 18.0 Å². The van der Waals surface area contributed by atoms with Crippen molar-refractivity contribution in [2.75, 3.05) is 0 Å². The Balaban J connectivity index is 1.70. The number of ether oxygens (including phenoxy) is 2. The molecule has 0 spiro atoms. The summed E-state index contributed by atoms with van der Waals surface area (Å²) in [5.41, 5.74) is 1.79. The van der Waals surface area contributed by atoms with Crippen molar-refractivity contribution >= 4 is 6.03 Å². The van der Waals surface area contributed by atoms with E-state index in [0.717, 1.165) is 11.1 Å². The average Bonchev–Trinajstić information content (AvgIpc) is 2.93. The number of hydrogen-bond acceptors (Lipinski definition) is 3. The third kappa shape index (κ3) is 3.47. The molecule has 1 heterocycles. The van der Waals surface area contributed by atoms with Crippen molar-refractivity contribution in [1.82, 2.24) is 10.6 Å². The van der Waals surface area contributed by atoms with E-state index in [1.165, 1.54) is 24.3 Å². The summed E-state index contributed by atoms with van der Waals surface area (Å²) in [5, 5.41) is 4.10. The summed E-state index contributed by atoms with van der Waals surface area (Å²) in [6.07, 6.45) is -4.98. The number of halogens is 3. The van der Waals surface area contributed by atoms with Gasteiger partial charge in [0.1, 0.15) is 0 Å². The highest BCUT2D eigenvalue weighted by Crippen LogP contribution is 2.44. The molecule has 8 heteroatoms. The topological polar surface area (TPSA) is 59.6 Å². The van der Waals surface area contributed by atoms with Gasteiger partial charge in [-0.2, -0.15) is 13.2 Å². The Kier molecular flexibility index (Phi) is 4.20. The number of carbonyl (C=O) groups excluding carboxylic acids is 1. The van der Waals surface area contributed by atoms with E-state index in [1.54, 1.807) is 17.4 Å². The Bertz CT molecular complexity index is 750. The molecule has 2 aromatic carbocycles. The molecule has 25 heavy (non-hydrogen) atoms. The van der Waals surface area contributed by atoms with Gasteiger partial charge in [0.2, 0.25) is 0 Å². The molecule has 0 saturated carbocycles. The fourth-order valence-corrected chi connectivity index (χ4v) is 2.27. The molecule has 0 atom stereocenters. The molecule has 1 aliphatic heterocycles. The number of benzene rings is 2. The summed E-state index contributed by atoms with van der Waals surface area (Å²) in [6.45, 7) is 1.97. The number of nitrogens with one attached hydrogen (secondary N) is 2. The molecule has 2 amide bonds.